The van der Waals surface area contributed by atoms with Crippen molar-refractivity contribution in [2.24, 2.45) is 12.2 Å². The van der Waals surface area contributed by atoms with Crippen LogP contribution in [0.5, 0.6) is 5.75 Å². The third-order valence-corrected chi connectivity index (χ3v) is 4.01. The number of para-hydroxylation sites is 1. The zero-order valence-electron chi connectivity index (χ0n) is 15.5. The molecule has 0 bridgehead atoms. The number of aromatic nitrogens is 2. The highest BCUT2D eigenvalue weighted by molar-refractivity contribution is 6.36. The van der Waals surface area contributed by atoms with Crippen molar-refractivity contribution in [2.45, 2.75) is 25.7 Å². The molecule has 2 heterocycles. The second-order valence-corrected chi connectivity index (χ2v) is 6.20. The molecule has 1 aromatic carbocycles. The van der Waals surface area contributed by atoms with E-state index in [0.717, 1.165) is 0 Å². The maximum Gasteiger partial charge on any atom is 0.356 e. The van der Waals surface area contributed by atoms with Crippen molar-refractivity contribution in [2.75, 3.05) is 19.8 Å². The van der Waals surface area contributed by atoms with E-state index in [0.29, 0.717) is 18.9 Å². The number of esters is 1. The van der Waals surface area contributed by atoms with Crippen LogP contribution >= 0.6 is 0 Å². The molecule has 1 atom stereocenters. The molecule has 0 N–H and O–H groups in total. The lowest BCUT2D eigenvalue weighted by Gasteiger charge is -2.26. The number of ether oxygens (including phenoxy) is 3. The monoisotopic (exact) mass is 374 g/mol. The third-order valence-electron chi connectivity index (χ3n) is 4.01. The number of carbonyl (C=O) groups excluding carboxylic acids is 1. The summed E-state index contributed by atoms with van der Waals surface area (Å²) in [6.07, 6.45) is 6.01. The van der Waals surface area contributed by atoms with Crippen molar-refractivity contribution in [3.05, 3.63) is 49.1 Å². The van der Waals surface area contributed by atoms with Gasteiger partial charge in [-0.3, -0.25) is 0 Å². The van der Waals surface area contributed by atoms with Gasteiger partial charge < -0.3 is 19.0 Å². The van der Waals surface area contributed by atoms with Gasteiger partial charge in [-0.1, -0.05) is 23.4 Å². The van der Waals surface area contributed by atoms with Crippen LogP contribution in [0.1, 0.15) is 13.3 Å². The number of hydrogen-bond acceptors (Lipinski definition) is 6. The fraction of sp³-hybridized carbons (Fsp3) is 0.421. The zero-order valence-corrected chi connectivity index (χ0v) is 15.5. The molecule has 0 fully saturated rings. The lowest BCUT2D eigenvalue weighted by atomic mass is 10.1. The average Bonchev–Trinajstić information content (AvgIpc) is 3.28. The highest BCUT2D eigenvalue weighted by Crippen LogP contribution is 2.27. The Hall–Kier alpha value is -2.87. The molecule has 1 aliphatic rings. The van der Waals surface area contributed by atoms with E-state index in [2.05, 4.69) is 5.16 Å². The fourth-order valence-electron chi connectivity index (χ4n) is 2.66. The van der Waals surface area contributed by atoms with E-state index < -0.39 is 11.8 Å². The molecule has 1 aliphatic heterocycles. The van der Waals surface area contributed by atoms with Gasteiger partial charge in [0.05, 0.1) is 26.7 Å². The molecule has 3 rings (SSSR count). The Balaban J connectivity index is 1.62. The fourth-order valence-corrected chi connectivity index (χ4v) is 2.66. The summed E-state index contributed by atoms with van der Waals surface area (Å²) in [6.45, 7) is 3.12. The number of hydrogen-bond donors (Lipinski definition) is 0. The van der Waals surface area contributed by atoms with Crippen molar-refractivity contribution in [1.29, 1.82) is 0 Å². The molecule has 0 saturated carbocycles. The smallest absolute Gasteiger partial charge is 0.356 e. The number of benzene rings is 1. The average molecular weight is 374 g/mol. The van der Waals surface area contributed by atoms with E-state index in [4.69, 9.17) is 19.0 Å². The maximum atomic E-state index is 12.0. The lowest BCUT2D eigenvalue weighted by molar-refractivity contribution is -0.671. The topological polar surface area (TPSA) is 75.2 Å². The maximum absolute atomic E-state index is 12.0. The van der Waals surface area contributed by atoms with Gasteiger partial charge in [-0.2, -0.15) is 0 Å². The second kappa shape index (κ2) is 8.68. The van der Waals surface area contributed by atoms with Crippen molar-refractivity contribution in [3.8, 4) is 5.75 Å². The Kier molecular flexibility index (Phi) is 6.08. The molecular weight excluding hydrogens is 350 g/mol. The quantitative estimate of drug-likeness (QED) is 0.490. The van der Waals surface area contributed by atoms with Crippen molar-refractivity contribution in [3.63, 3.8) is 0 Å². The van der Waals surface area contributed by atoms with Gasteiger partial charge in [-0.15, -0.1) is 0 Å². The molecule has 0 radical (unpaired) electrons. The summed E-state index contributed by atoms with van der Waals surface area (Å²) < 4.78 is 20.7. The minimum Gasteiger partial charge on any atom is -0.487 e. The Morgan fingerprint density at radius 1 is 1.37 bits per heavy atom. The number of nitrogens with zero attached hydrogens (tertiary/aromatic N) is 3. The zero-order chi connectivity index (χ0) is 19.1. The van der Waals surface area contributed by atoms with Crippen LogP contribution < -0.4 is 9.30 Å². The van der Waals surface area contributed by atoms with E-state index in [1.807, 2.05) is 65.2 Å². The van der Waals surface area contributed by atoms with Crippen LogP contribution in [0.25, 0.3) is 0 Å². The summed E-state index contributed by atoms with van der Waals surface area (Å²) >= 11 is 0. The molecule has 27 heavy (non-hydrogen) atoms. The van der Waals surface area contributed by atoms with Crippen LogP contribution in [0.3, 0.4) is 0 Å². The summed E-state index contributed by atoms with van der Waals surface area (Å²) in [4.78, 5) is 17.5. The van der Waals surface area contributed by atoms with Crippen LogP contribution in [-0.4, -0.2) is 41.9 Å². The lowest BCUT2D eigenvalue weighted by Crippen LogP contribution is -2.41. The number of oxime groups is 1. The van der Waals surface area contributed by atoms with Crippen LogP contribution in [-0.2, 0) is 32.7 Å². The molecular formula is C19H24N3O5+. The van der Waals surface area contributed by atoms with Gasteiger partial charge in [0.25, 0.3) is 5.79 Å². The number of rotatable bonds is 9. The Morgan fingerprint density at radius 2 is 2.19 bits per heavy atom. The SMILES string of the molecule is CCOC(=O)C1=NOC(COc2ccccc2)(OCCn2cc[n+](C)c2)C1. The standard InChI is InChI=1S/C19H24N3O5/c1-3-24-18(23)17-13-19(27-20-17,14-25-16-7-5-4-6-8-16)26-12-11-22-10-9-21(2)15-22/h4-10,15H,3,11-14H2,1-2H3/q+1. The summed E-state index contributed by atoms with van der Waals surface area (Å²) in [7, 11) is 1.95. The van der Waals surface area contributed by atoms with Crippen LogP contribution in [0.15, 0.2) is 54.2 Å². The van der Waals surface area contributed by atoms with Gasteiger partial charge in [-0.25, -0.2) is 13.9 Å². The van der Waals surface area contributed by atoms with Gasteiger partial charge in [0.1, 0.15) is 24.7 Å². The minimum atomic E-state index is -1.16. The first-order valence-corrected chi connectivity index (χ1v) is 8.85. The van der Waals surface area contributed by atoms with Gasteiger partial charge in [0.15, 0.2) is 12.3 Å². The summed E-state index contributed by atoms with van der Waals surface area (Å²) in [5.41, 5.74) is 0.195. The van der Waals surface area contributed by atoms with Gasteiger partial charge in [0, 0.05) is 0 Å². The van der Waals surface area contributed by atoms with E-state index in [-0.39, 0.29) is 25.3 Å². The third kappa shape index (κ3) is 5.07. The van der Waals surface area contributed by atoms with Gasteiger partial charge in [-0.05, 0) is 19.1 Å². The van der Waals surface area contributed by atoms with Crippen LogP contribution in [0.4, 0.5) is 0 Å². The predicted octanol–water partition coefficient (Wildman–Crippen LogP) is 1.44. The first-order valence-electron chi connectivity index (χ1n) is 8.85. The number of carbonyl (C=O) groups is 1. The number of imidazole rings is 1. The highest BCUT2D eigenvalue weighted by atomic mass is 16.8. The van der Waals surface area contributed by atoms with Crippen molar-refractivity contribution >= 4 is 11.7 Å². The van der Waals surface area contributed by atoms with Crippen molar-refractivity contribution in [1.82, 2.24) is 4.57 Å². The normalized spacial score (nSPS) is 18.7. The van der Waals surface area contributed by atoms with Gasteiger partial charge >= 0.3 is 5.97 Å². The Labute approximate surface area is 157 Å². The molecule has 0 saturated heterocycles. The van der Waals surface area contributed by atoms with E-state index >= 15 is 0 Å². The molecule has 1 aromatic heterocycles. The van der Waals surface area contributed by atoms with Crippen LogP contribution in [0.2, 0.25) is 0 Å². The minimum absolute atomic E-state index is 0.100. The highest BCUT2D eigenvalue weighted by Gasteiger charge is 2.44. The first-order chi connectivity index (χ1) is 13.1. The van der Waals surface area contributed by atoms with E-state index in [1.54, 1.807) is 6.92 Å². The van der Waals surface area contributed by atoms with Gasteiger partial charge in [0.2, 0.25) is 6.33 Å². The Bertz CT molecular complexity index is 790. The van der Waals surface area contributed by atoms with E-state index in [9.17, 15) is 4.79 Å². The summed E-state index contributed by atoms with van der Waals surface area (Å²) in [5, 5.41) is 3.88. The summed E-state index contributed by atoms with van der Waals surface area (Å²) in [6, 6.07) is 9.35. The molecule has 0 amide bonds. The van der Waals surface area contributed by atoms with E-state index in [1.165, 1.54) is 0 Å². The molecule has 1 unspecified atom stereocenters. The molecule has 144 valence electrons. The van der Waals surface area contributed by atoms with Crippen molar-refractivity contribution < 1.29 is 28.4 Å². The molecule has 8 nitrogen and oxygen atoms in total. The number of aryl methyl sites for hydroxylation is 1. The predicted molar refractivity (Wildman–Crippen MR) is 96.0 cm³/mol. The Morgan fingerprint density at radius 3 is 2.89 bits per heavy atom. The largest absolute Gasteiger partial charge is 0.487 e. The first kappa shape index (κ1) is 18.9. The second-order valence-electron chi connectivity index (χ2n) is 6.20. The molecule has 2 aromatic rings. The molecule has 0 aliphatic carbocycles. The van der Waals surface area contributed by atoms with Crippen LogP contribution in [0, 0.1) is 0 Å². The molecule has 0 spiro atoms. The molecule has 8 heteroatoms. The summed E-state index contributed by atoms with van der Waals surface area (Å²) in [5.74, 6) is -0.973.